The minimum absolute atomic E-state index is 0.0417. The van der Waals surface area contributed by atoms with E-state index in [1.54, 1.807) is 12.3 Å². The standard InChI is InChI=1S/C22H24F2N4O3/c1-27(2)9-3-4-13-10-16-20(25)19(22(30)28(31)21(16)26-12-13)18(29)8-6-14-5-7-15(23)11-17(14)24/h5,7,10-12,31H,3-4,6,8-9,25H2,1-2H3. The zero-order valence-corrected chi connectivity index (χ0v) is 17.4. The summed E-state index contributed by atoms with van der Waals surface area (Å²) in [6.07, 6.45) is 2.86. The first-order valence-corrected chi connectivity index (χ1v) is 9.83. The van der Waals surface area contributed by atoms with Crippen LogP contribution in [0.4, 0.5) is 14.5 Å². The molecule has 0 amide bonds. The lowest BCUT2D eigenvalue weighted by Gasteiger charge is -2.12. The summed E-state index contributed by atoms with van der Waals surface area (Å²) in [6, 6.07) is 4.78. The Bertz CT molecular complexity index is 1190. The maximum atomic E-state index is 13.8. The van der Waals surface area contributed by atoms with Gasteiger partial charge in [-0.05, 0) is 63.2 Å². The second-order valence-corrected chi connectivity index (χ2v) is 7.69. The summed E-state index contributed by atoms with van der Waals surface area (Å²) in [4.78, 5) is 31.5. The highest BCUT2D eigenvalue weighted by Gasteiger charge is 2.22. The van der Waals surface area contributed by atoms with Crippen LogP contribution in [0.15, 0.2) is 35.3 Å². The molecule has 0 aliphatic heterocycles. The van der Waals surface area contributed by atoms with Crippen LogP contribution >= 0.6 is 0 Å². The van der Waals surface area contributed by atoms with Crippen LogP contribution in [0.3, 0.4) is 0 Å². The lowest BCUT2D eigenvalue weighted by atomic mass is 10.00. The fourth-order valence-electron chi connectivity index (χ4n) is 3.42. The van der Waals surface area contributed by atoms with Gasteiger partial charge in [-0.2, -0.15) is 0 Å². The lowest BCUT2D eigenvalue weighted by Crippen LogP contribution is -2.28. The zero-order chi connectivity index (χ0) is 22.7. The van der Waals surface area contributed by atoms with Crippen molar-refractivity contribution in [2.75, 3.05) is 26.4 Å². The number of anilines is 1. The zero-order valence-electron chi connectivity index (χ0n) is 17.4. The van der Waals surface area contributed by atoms with Gasteiger partial charge in [-0.1, -0.05) is 6.07 Å². The third-order valence-corrected chi connectivity index (χ3v) is 5.08. The average molecular weight is 430 g/mol. The van der Waals surface area contributed by atoms with Crippen LogP contribution in [0.5, 0.6) is 0 Å². The molecule has 0 fully saturated rings. The molecule has 9 heteroatoms. The van der Waals surface area contributed by atoms with Gasteiger partial charge in [0.1, 0.15) is 17.2 Å². The summed E-state index contributed by atoms with van der Waals surface area (Å²) in [6.45, 7) is 0.872. The maximum Gasteiger partial charge on any atom is 0.297 e. The number of halogens is 2. The first-order chi connectivity index (χ1) is 14.7. The Morgan fingerprint density at radius 3 is 2.65 bits per heavy atom. The van der Waals surface area contributed by atoms with Crippen molar-refractivity contribution in [1.82, 2.24) is 14.6 Å². The number of rotatable bonds is 8. The number of aryl methyl sites for hydroxylation is 2. The van der Waals surface area contributed by atoms with Gasteiger partial charge in [0.2, 0.25) is 0 Å². The molecule has 3 aromatic rings. The molecule has 164 valence electrons. The fourth-order valence-corrected chi connectivity index (χ4v) is 3.42. The molecule has 0 aliphatic carbocycles. The van der Waals surface area contributed by atoms with E-state index in [0.29, 0.717) is 16.5 Å². The molecule has 3 N–H and O–H groups in total. The molecule has 7 nitrogen and oxygen atoms in total. The number of aromatic nitrogens is 2. The first kappa shape index (κ1) is 22.4. The molecule has 0 radical (unpaired) electrons. The Hall–Kier alpha value is -3.33. The van der Waals surface area contributed by atoms with Gasteiger partial charge in [-0.3, -0.25) is 9.59 Å². The Morgan fingerprint density at radius 2 is 1.97 bits per heavy atom. The van der Waals surface area contributed by atoms with Gasteiger partial charge in [0.15, 0.2) is 11.4 Å². The molecule has 0 saturated heterocycles. The van der Waals surface area contributed by atoms with Crippen molar-refractivity contribution < 1.29 is 18.8 Å². The predicted octanol–water partition coefficient (Wildman–Crippen LogP) is 2.80. The lowest BCUT2D eigenvalue weighted by molar-refractivity contribution is 0.0976. The van der Waals surface area contributed by atoms with Gasteiger partial charge in [0.05, 0.1) is 5.69 Å². The number of benzene rings is 1. The van der Waals surface area contributed by atoms with Gasteiger partial charge >= 0.3 is 0 Å². The maximum absolute atomic E-state index is 13.8. The topological polar surface area (TPSA) is 101 Å². The van der Waals surface area contributed by atoms with Crippen molar-refractivity contribution in [1.29, 1.82) is 0 Å². The third kappa shape index (κ3) is 4.88. The summed E-state index contributed by atoms with van der Waals surface area (Å²) in [5.41, 5.74) is 5.66. The molecule has 0 bridgehead atoms. The Balaban J connectivity index is 1.91. The minimum atomic E-state index is -0.984. The van der Waals surface area contributed by atoms with Gasteiger partial charge in [-0.25, -0.2) is 13.8 Å². The van der Waals surface area contributed by atoms with Crippen LogP contribution in [-0.2, 0) is 12.8 Å². The van der Waals surface area contributed by atoms with E-state index in [0.717, 1.165) is 30.7 Å². The van der Waals surface area contributed by atoms with E-state index >= 15 is 0 Å². The minimum Gasteiger partial charge on any atom is -0.423 e. The van der Waals surface area contributed by atoms with Crippen molar-refractivity contribution >= 4 is 22.5 Å². The number of fused-ring (bicyclic) bond motifs is 1. The number of ketones is 1. The number of hydrogen-bond donors (Lipinski definition) is 2. The van der Waals surface area contributed by atoms with Crippen molar-refractivity contribution in [3.05, 3.63) is 69.1 Å². The molecule has 31 heavy (non-hydrogen) atoms. The molecule has 2 aromatic heterocycles. The van der Waals surface area contributed by atoms with Gasteiger partial charge in [0.25, 0.3) is 5.56 Å². The average Bonchev–Trinajstić information content (AvgIpc) is 2.71. The van der Waals surface area contributed by atoms with Crippen LogP contribution in [0, 0.1) is 11.6 Å². The van der Waals surface area contributed by atoms with E-state index in [1.807, 2.05) is 14.1 Å². The largest absolute Gasteiger partial charge is 0.423 e. The van der Waals surface area contributed by atoms with Crippen molar-refractivity contribution in [2.24, 2.45) is 0 Å². The smallest absolute Gasteiger partial charge is 0.297 e. The summed E-state index contributed by atoms with van der Waals surface area (Å²) in [7, 11) is 3.94. The fraction of sp³-hybridized carbons (Fsp3) is 0.318. The second-order valence-electron chi connectivity index (χ2n) is 7.69. The van der Waals surface area contributed by atoms with E-state index in [2.05, 4.69) is 9.88 Å². The molecule has 0 unspecified atom stereocenters. The van der Waals surface area contributed by atoms with Crippen LogP contribution in [0.2, 0.25) is 0 Å². The highest BCUT2D eigenvalue weighted by atomic mass is 19.1. The van der Waals surface area contributed by atoms with E-state index in [4.69, 9.17) is 5.73 Å². The summed E-state index contributed by atoms with van der Waals surface area (Å²) in [5, 5.41) is 10.5. The number of nitrogen functional groups attached to an aromatic ring is 1. The molecule has 0 saturated carbocycles. The van der Waals surface area contributed by atoms with Crippen LogP contribution in [0.25, 0.3) is 11.0 Å². The van der Waals surface area contributed by atoms with E-state index < -0.39 is 23.0 Å². The molecular weight excluding hydrogens is 406 g/mol. The Kier molecular flexibility index (Phi) is 6.65. The first-order valence-electron chi connectivity index (χ1n) is 9.83. The molecule has 0 aliphatic rings. The van der Waals surface area contributed by atoms with Crippen LogP contribution in [0.1, 0.15) is 34.3 Å². The van der Waals surface area contributed by atoms with Gasteiger partial charge < -0.3 is 15.8 Å². The highest BCUT2D eigenvalue weighted by Crippen LogP contribution is 2.24. The number of Topliss-reactive ketones (excluding diaryl/α,β-unsaturated/α-hetero) is 1. The summed E-state index contributed by atoms with van der Waals surface area (Å²) < 4.78 is 27.2. The third-order valence-electron chi connectivity index (χ3n) is 5.08. The number of pyridine rings is 2. The molecule has 0 spiro atoms. The number of nitrogens with zero attached hydrogens (tertiary/aromatic N) is 3. The van der Waals surface area contributed by atoms with E-state index in [-0.39, 0.29) is 35.3 Å². The molecule has 3 rings (SSSR count). The Labute approximate surface area is 177 Å². The summed E-state index contributed by atoms with van der Waals surface area (Å²) in [5.74, 6) is -2.14. The molecule has 1 aromatic carbocycles. The number of carbonyl (C=O) groups is 1. The number of nitrogens with two attached hydrogens (primary N) is 1. The molecule has 2 heterocycles. The molecular formula is C22H24F2N4O3. The van der Waals surface area contributed by atoms with Crippen molar-refractivity contribution in [2.45, 2.75) is 25.7 Å². The van der Waals surface area contributed by atoms with Crippen LogP contribution < -0.4 is 11.3 Å². The van der Waals surface area contributed by atoms with Crippen molar-refractivity contribution in [3.8, 4) is 0 Å². The van der Waals surface area contributed by atoms with Gasteiger partial charge in [0, 0.05) is 24.1 Å². The highest BCUT2D eigenvalue weighted by molar-refractivity contribution is 6.06. The van der Waals surface area contributed by atoms with Crippen LogP contribution in [-0.4, -0.2) is 46.2 Å². The molecule has 0 atom stereocenters. The summed E-state index contributed by atoms with van der Waals surface area (Å²) >= 11 is 0. The normalized spacial score (nSPS) is 11.4. The van der Waals surface area contributed by atoms with Crippen molar-refractivity contribution in [3.63, 3.8) is 0 Å². The SMILES string of the molecule is CN(C)CCCc1cnc2c(c1)c(N)c(C(=O)CCc1ccc(F)cc1F)c(=O)n2O. The van der Waals surface area contributed by atoms with Gasteiger partial charge in [-0.15, -0.1) is 4.73 Å². The quantitative estimate of drug-likeness (QED) is 0.421. The number of hydrogen-bond acceptors (Lipinski definition) is 6. The van der Waals surface area contributed by atoms with E-state index in [9.17, 15) is 23.6 Å². The number of carbonyl (C=O) groups excluding carboxylic acids is 1. The Morgan fingerprint density at radius 1 is 1.23 bits per heavy atom. The van der Waals surface area contributed by atoms with E-state index in [1.165, 1.54) is 6.07 Å². The second kappa shape index (κ2) is 9.22. The predicted molar refractivity (Wildman–Crippen MR) is 113 cm³/mol. The monoisotopic (exact) mass is 430 g/mol.